The van der Waals surface area contributed by atoms with Gasteiger partial charge in [0.15, 0.2) is 5.13 Å². The predicted molar refractivity (Wildman–Crippen MR) is 80.1 cm³/mol. The lowest BCUT2D eigenvalue weighted by atomic mass is 9.92. The van der Waals surface area contributed by atoms with Crippen LogP contribution < -0.4 is 20.7 Å². The Morgan fingerprint density at radius 1 is 1.37 bits per heavy atom. The van der Waals surface area contributed by atoms with Crippen LogP contribution in [0.25, 0.3) is 0 Å². The molecule has 0 radical (unpaired) electrons. The smallest absolute Gasteiger partial charge is 0.230 e. The van der Waals surface area contributed by atoms with Gasteiger partial charge in [0.05, 0.1) is 12.0 Å². The fourth-order valence-corrected chi connectivity index (χ4v) is 3.25. The van der Waals surface area contributed by atoms with Crippen molar-refractivity contribution in [1.29, 1.82) is 0 Å². The molecule has 19 heavy (non-hydrogen) atoms. The Morgan fingerprint density at radius 2 is 2.05 bits per heavy atom. The van der Waals surface area contributed by atoms with Gasteiger partial charge in [0.1, 0.15) is 0 Å². The first-order valence-electron chi connectivity index (χ1n) is 6.80. The average Bonchev–Trinajstić information content (AvgIpc) is 2.81. The van der Waals surface area contributed by atoms with Crippen LogP contribution in [0.3, 0.4) is 0 Å². The number of hydrogen-bond acceptors (Lipinski definition) is 6. The molecule has 1 aliphatic rings. The van der Waals surface area contributed by atoms with Gasteiger partial charge in [0, 0.05) is 32.7 Å². The second kappa shape index (κ2) is 6.54. The third-order valence-electron chi connectivity index (χ3n) is 3.55. The Hall–Kier alpha value is -0.850. The van der Waals surface area contributed by atoms with Crippen LogP contribution in [0.5, 0.6) is 5.88 Å². The summed E-state index contributed by atoms with van der Waals surface area (Å²) in [6.07, 6.45) is 4.59. The van der Waals surface area contributed by atoms with E-state index in [1.165, 1.54) is 17.7 Å². The van der Waals surface area contributed by atoms with Crippen molar-refractivity contribution in [1.82, 2.24) is 10.3 Å². The van der Waals surface area contributed by atoms with E-state index in [1.807, 2.05) is 19.0 Å². The lowest BCUT2D eigenvalue weighted by Gasteiger charge is -2.26. The van der Waals surface area contributed by atoms with Crippen LogP contribution in [0.1, 0.15) is 30.6 Å². The van der Waals surface area contributed by atoms with E-state index in [0.29, 0.717) is 12.1 Å². The van der Waals surface area contributed by atoms with Gasteiger partial charge in [-0.25, -0.2) is 0 Å². The van der Waals surface area contributed by atoms with Crippen molar-refractivity contribution in [3.8, 4) is 5.88 Å². The van der Waals surface area contributed by atoms with Crippen molar-refractivity contribution in [3.63, 3.8) is 0 Å². The van der Waals surface area contributed by atoms with Crippen molar-refractivity contribution in [3.05, 3.63) is 4.88 Å². The van der Waals surface area contributed by atoms with Gasteiger partial charge in [-0.15, -0.1) is 0 Å². The van der Waals surface area contributed by atoms with Crippen LogP contribution >= 0.6 is 11.3 Å². The summed E-state index contributed by atoms with van der Waals surface area (Å²) in [7, 11) is 5.67. The minimum atomic E-state index is 0.399. The summed E-state index contributed by atoms with van der Waals surface area (Å²) in [5, 5.41) is 4.59. The normalized spacial score (nSPS) is 23.4. The molecule has 1 fully saturated rings. The Morgan fingerprint density at radius 3 is 2.63 bits per heavy atom. The quantitative estimate of drug-likeness (QED) is 0.859. The Bertz CT molecular complexity index is 399. The highest BCUT2D eigenvalue weighted by molar-refractivity contribution is 7.15. The molecule has 1 heterocycles. The molecule has 1 saturated carbocycles. The van der Waals surface area contributed by atoms with Gasteiger partial charge in [-0.05, 0) is 25.7 Å². The van der Waals surface area contributed by atoms with Crippen molar-refractivity contribution < 1.29 is 4.74 Å². The van der Waals surface area contributed by atoms with Crippen molar-refractivity contribution >= 4 is 16.5 Å². The van der Waals surface area contributed by atoms with E-state index < -0.39 is 0 Å². The number of methoxy groups -OCH3 is 1. The van der Waals surface area contributed by atoms with Crippen LogP contribution in [-0.2, 0) is 6.54 Å². The fourth-order valence-electron chi connectivity index (χ4n) is 2.35. The van der Waals surface area contributed by atoms with Crippen LogP contribution in [0.2, 0.25) is 0 Å². The summed E-state index contributed by atoms with van der Waals surface area (Å²) >= 11 is 1.68. The number of hydrogen-bond donors (Lipinski definition) is 2. The molecule has 0 spiro atoms. The molecule has 108 valence electrons. The monoisotopic (exact) mass is 284 g/mol. The van der Waals surface area contributed by atoms with E-state index in [9.17, 15) is 0 Å². The van der Waals surface area contributed by atoms with E-state index in [-0.39, 0.29) is 0 Å². The summed E-state index contributed by atoms with van der Waals surface area (Å²) in [6, 6.07) is 0.978. The number of anilines is 1. The molecule has 0 aromatic carbocycles. The van der Waals surface area contributed by atoms with Gasteiger partial charge in [0.2, 0.25) is 5.88 Å². The zero-order valence-electron chi connectivity index (χ0n) is 12.0. The molecule has 1 aromatic heterocycles. The number of aromatic nitrogens is 1. The van der Waals surface area contributed by atoms with E-state index >= 15 is 0 Å². The Balaban J connectivity index is 1.91. The number of nitrogens with two attached hydrogens (primary N) is 1. The maximum Gasteiger partial charge on any atom is 0.230 e. The third kappa shape index (κ3) is 3.81. The molecule has 1 aliphatic carbocycles. The number of nitrogens with one attached hydrogen (secondary N) is 1. The largest absolute Gasteiger partial charge is 0.480 e. The number of rotatable bonds is 5. The maximum absolute atomic E-state index is 5.93. The van der Waals surface area contributed by atoms with Gasteiger partial charge in [-0.3, -0.25) is 0 Å². The van der Waals surface area contributed by atoms with E-state index in [1.54, 1.807) is 18.4 Å². The first kappa shape index (κ1) is 14.6. The molecule has 0 aliphatic heterocycles. The Labute approximate surface area is 119 Å². The highest BCUT2D eigenvalue weighted by Crippen LogP contribution is 2.30. The molecule has 0 bridgehead atoms. The minimum absolute atomic E-state index is 0.399. The second-order valence-electron chi connectivity index (χ2n) is 5.32. The topological polar surface area (TPSA) is 63.4 Å². The van der Waals surface area contributed by atoms with E-state index in [0.717, 1.165) is 30.4 Å². The van der Waals surface area contributed by atoms with Gasteiger partial charge < -0.3 is 20.7 Å². The standard InChI is InChI=1S/C13H24N4OS/c1-17(2)13-16-12(18-3)11(19-13)8-15-10-6-4-9(14)5-7-10/h9-10,15H,4-8,14H2,1-3H3. The molecule has 2 rings (SSSR count). The minimum Gasteiger partial charge on any atom is -0.480 e. The molecule has 3 N–H and O–H groups in total. The van der Waals surface area contributed by atoms with E-state index in [2.05, 4.69) is 10.3 Å². The number of ether oxygens (including phenoxy) is 1. The van der Waals surface area contributed by atoms with Gasteiger partial charge in [0.25, 0.3) is 0 Å². The molecule has 0 saturated heterocycles. The predicted octanol–water partition coefficient (Wildman–Crippen LogP) is 1.58. The molecule has 0 amide bonds. The van der Waals surface area contributed by atoms with Crippen LogP contribution in [0.4, 0.5) is 5.13 Å². The number of nitrogens with zero attached hydrogens (tertiary/aromatic N) is 2. The van der Waals surface area contributed by atoms with Crippen molar-refractivity contribution in [2.24, 2.45) is 5.73 Å². The van der Waals surface area contributed by atoms with Gasteiger partial charge in [-0.1, -0.05) is 11.3 Å². The summed E-state index contributed by atoms with van der Waals surface area (Å²) < 4.78 is 5.35. The van der Waals surface area contributed by atoms with Crippen LogP contribution in [0.15, 0.2) is 0 Å². The maximum atomic E-state index is 5.93. The average molecular weight is 284 g/mol. The lowest BCUT2D eigenvalue weighted by Crippen LogP contribution is -2.36. The second-order valence-corrected chi connectivity index (χ2v) is 6.38. The molecule has 0 unspecified atom stereocenters. The molecular weight excluding hydrogens is 260 g/mol. The zero-order valence-corrected chi connectivity index (χ0v) is 12.8. The van der Waals surface area contributed by atoms with E-state index in [4.69, 9.17) is 10.5 Å². The summed E-state index contributed by atoms with van der Waals surface area (Å²) in [5.41, 5.74) is 5.93. The summed E-state index contributed by atoms with van der Waals surface area (Å²) in [6.45, 7) is 0.828. The molecule has 6 heteroatoms. The Kier molecular flexibility index (Phi) is 5.01. The molecular formula is C13H24N4OS. The highest BCUT2D eigenvalue weighted by atomic mass is 32.1. The van der Waals surface area contributed by atoms with Gasteiger partial charge >= 0.3 is 0 Å². The SMILES string of the molecule is COc1nc(N(C)C)sc1CNC1CCC(N)CC1. The molecule has 0 atom stereocenters. The molecule has 5 nitrogen and oxygen atoms in total. The fraction of sp³-hybridized carbons (Fsp3) is 0.769. The first-order chi connectivity index (χ1) is 9.10. The third-order valence-corrected chi connectivity index (χ3v) is 4.75. The summed E-state index contributed by atoms with van der Waals surface area (Å²) in [5.74, 6) is 0.744. The molecule has 1 aromatic rings. The lowest BCUT2D eigenvalue weighted by molar-refractivity contribution is 0.338. The van der Waals surface area contributed by atoms with Gasteiger partial charge in [-0.2, -0.15) is 4.98 Å². The van der Waals surface area contributed by atoms with Crippen molar-refractivity contribution in [2.45, 2.75) is 44.3 Å². The van der Waals surface area contributed by atoms with Crippen LogP contribution in [-0.4, -0.2) is 38.3 Å². The van der Waals surface area contributed by atoms with Crippen LogP contribution in [0, 0.1) is 0 Å². The number of thiazole rings is 1. The summed E-state index contributed by atoms with van der Waals surface area (Å²) in [4.78, 5) is 7.64. The zero-order chi connectivity index (χ0) is 13.8. The highest BCUT2D eigenvalue weighted by Gasteiger charge is 2.19. The van der Waals surface area contributed by atoms with Crippen molar-refractivity contribution in [2.75, 3.05) is 26.1 Å². The first-order valence-corrected chi connectivity index (χ1v) is 7.61.